The van der Waals surface area contributed by atoms with Gasteiger partial charge >= 0.3 is 0 Å². The van der Waals surface area contributed by atoms with Crippen molar-refractivity contribution >= 4 is 54.9 Å². The zero-order valence-corrected chi connectivity index (χ0v) is 18.0. The first-order chi connectivity index (χ1) is 13.2. The Bertz CT molecular complexity index is 1390. The van der Waals surface area contributed by atoms with Crippen LogP contribution in [0.5, 0.6) is 0 Å². The summed E-state index contributed by atoms with van der Waals surface area (Å²) in [5, 5.41) is 0. The van der Waals surface area contributed by atoms with Gasteiger partial charge in [-0.1, -0.05) is 29.1 Å². The molecule has 0 fully saturated rings. The molecule has 8 heteroatoms. The molecule has 0 saturated heterocycles. The molecule has 0 unspecified atom stereocenters. The smallest absolute Gasteiger partial charge is 0.181 e. The van der Waals surface area contributed by atoms with Crippen molar-refractivity contribution in [3.05, 3.63) is 67.3 Å². The minimum atomic E-state index is 0. The van der Waals surface area contributed by atoms with Crippen LogP contribution in [-0.2, 0) is 20.1 Å². The summed E-state index contributed by atoms with van der Waals surface area (Å²) >= 11 is 1.67. The molecule has 0 spiro atoms. The molecular formula is C20H13IrN6S-. The second kappa shape index (κ2) is 6.10. The molecular weight excluding hydrogens is 549 g/mol. The second-order valence-corrected chi connectivity index (χ2v) is 7.41. The number of hydrogen-bond acceptors (Lipinski definition) is 6. The van der Waals surface area contributed by atoms with Gasteiger partial charge in [0, 0.05) is 39.5 Å². The molecule has 3 aromatic heterocycles. The van der Waals surface area contributed by atoms with E-state index in [4.69, 9.17) is 4.98 Å². The van der Waals surface area contributed by atoms with E-state index >= 15 is 0 Å². The predicted molar refractivity (Wildman–Crippen MR) is 109 cm³/mol. The van der Waals surface area contributed by atoms with Crippen molar-refractivity contribution in [2.24, 2.45) is 0 Å². The zero-order chi connectivity index (χ0) is 18.1. The first-order valence-corrected chi connectivity index (χ1v) is 9.29. The third-order valence-electron chi connectivity index (χ3n) is 4.93. The first kappa shape index (κ1) is 17.3. The Balaban J connectivity index is 0.00000171. The van der Waals surface area contributed by atoms with Gasteiger partial charge in [0.1, 0.15) is 5.82 Å². The number of rotatable bonds is 1. The van der Waals surface area contributed by atoms with Crippen molar-refractivity contribution in [2.45, 2.75) is 0 Å². The summed E-state index contributed by atoms with van der Waals surface area (Å²) in [7, 11) is 1.94. The molecule has 6 nitrogen and oxygen atoms in total. The van der Waals surface area contributed by atoms with Crippen LogP contribution in [0.3, 0.4) is 0 Å². The number of imidazole rings is 1. The third-order valence-corrected chi connectivity index (χ3v) is 5.93. The standard InChI is InChI=1S/C20H13N6S.Ir/c1-12-24(2)18-19(22-10-9-21-18)25(12)13-7-8-17-16(11-13)26-15-6-4-3-5-14(15)23-20(26)27-17;/h3-6,8-11H,1H2,2H3;/q-1;. The number of fused-ring (bicyclic) bond motifs is 6. The fourth-order valence-corrected chi connectivity index (χ4v) is 4.61. The minimum absolute atomic E-state index is 0. The van der Waals surface area contributed by atoms with E-state index in [1.807, 2.05) is 41.1 Å². The molecule has 0 N–H and O–H groups in total. The average molecular weight is 562 g/mol. The van der Waals surface area contributed by atoms with Crippen molar-refractivity contribution in [3.63, 3.8) is 0 Å². The van der Waals surface area contributed by atoms with Gasteiger partial charge in [-0.25, -0.2) is 15.0 Å². The van der Waals surface area contributed by atoms with Crippen LogP contribution in [0.25, 0.3) is 26.2 Å². The third kappa shape index (κ3) is 2.19. The van der Waals surface area contributed by atoms with Crippen molar-refractivity contribution in [2.75, 3.05) is 16.8 Å². The van der Waals surface area contributed by atoms with Gasteiger partial charge in [-0.05, 0) is 17.6 Å². The molecule has 1 radical (unpaired) electrons. The molecule has 28 heavy (non-hydrogen) atoms. The molecule has 1 aliphatic rings. The number of thiazole rings is 1. The van der Waals surface area contributed by atoms with Crippen LogP contribution < -0.4 is 9.80 Å². The van der Waals surface area contributed by atoms with E-state index in [-0.39, 0.29) is 20.1 Å². The van der Waals surface area contributed by atoms with Gasteiger partial charge < -0.3 is 14.2 Å². The van der Waals surface area contributed by atoms with Gasteiger partial charge in [-0.3, -0.25) is 0 Å². The maximum absolute atomic E-state index is 4.75. The summed E-state index contributed by atoms with van der Waals surface area (Å²) in [6.07, 6.45) is 3.39. The van der Waals surface area contributed by atoms with Crippen LogP contribution in [0.4, 0.5) is 17.3 Å². The van der Waals surface area contributed by atoms with E-state index in [1.165, 1.54) is 0 Å². The quantitative estimate of drug-likeness (QED) is 0.285. The van der Waals surface area contributed by atoms with E-state index < -0.39 is 0 Å². The van der Waals surface area contributed by atoms with Crippen LogP contribution in [0, 0.1) is 6.07 Å². The fourth-order valence-electron chi connectivity index (χ4n) is 3.61. The molecule has 139 valence electrons. The Labute approximate surface area is 178 Å². The number of hydrogen-bond donors (Lipinski definition) is 0. The summed E-state index contributed by atoms with van der Waals surface area (Å²) in [5.74, 6) is 2.36. The van der Waals surface area contributed by atoms with Crippen LogP contribution in [0.1, 0.15) is 0 Å². The SMILES string of the molecule is C=C1N(C)c2nccnc2N1c1[c-]cc2sc3nc4ccccc4n3c2c1.[Ir]. The van der Waals surface area contributed by atoms with Gasteiger partial charge in [0.25, 0.3) is 0 Å². The van der Waals surface area contributed by atoms with Crippen LogP contribution in [-0.4, -0.2) is 26.4 Å². The second-order valence-electron chi connectivity index (χ2n) is 6.40. The van der Waals surface area contributed by atoms with E-state index in [0.717, 1.165) is 49.4 Å². The summed E-state index contributed by atoms with van der Waals surface area (Å²) in [6, 6.07) is 15.7. The largest absolute Gasteiger partial charge is 0.313 e. The fraction of sp³-hybridized carbons (Fsp3) is 0.0500. The Hall–Kier alpha value is -2.80. The minimum Gasteiger partial charge on any atom is -0.313 e. The summed E-state index contributed by atoms with van der Waals surface area (Å²) in [5.41, 5.74) is 4.09. The number of aromatic nitrogens is 4. The maximum Gasteiger partial charge on any atom is 0.181 e. The number of benzene rings is 2. The van der Waals surface area contributed by atoms with Crippen molar-refractivity contribution in [1.82, 2.24) is 19.4 Å². The van der Waals surface area contributed by atoms with Gasteiger partial charge in [0.15, 0.2) is 16.6 Å². The van der Waals surface area contributed by atoms with Gasteiger partial charge in [-0.15, -0.1) is 6.07 Å². The monoisotopic (exact) mass is 562 g/mol. The van der Waals surface area contributed by atoms with Crippen molar-refractivity contribution in [1.29, 1.82) is 0 Å². The Morgan fingerprint density at radius 2 is 1.86 bits per heavy atom. The van der Waals surface area contributed by atoms with E-state index in [1.54, 1.807) is 23.7 Å². The van der Waals surface area contributed by atoms with Gasteiger partial charge in [0.05, 0.1) is 11.0 Å². The van der Waals surface area contributed by atoms with Gasteiger partial charge in [0.2, 0.25) is 0 Å². The summed E-state index contributed by atoms with van der Waals surface area (Å²) < 4.78 is 3.34. The van der Waals surface area contributed by atoms with Crippen LogP contribution >= 0.6 is 11.3 Å². The molecule has 1 aliphatic heterocycles. The molecule has 0 amide bonds. The molecule has 0 aliphatic carbocycles. The Morgan fingerprint density at radius 3 is 2.71 bits per heavy atom. The number of para-hydroxylation sites is 2. The molecule has 4 heterocycles. The topological polar surface area (TPSA) is 49.6 Å². The Morgan fingerprint density at radius 1 is 1.07 bits per heavy atom. The van der Waals surface area contributed by atoms with Crippen LogP contribution in [0.15, 0.2) is 61.2 Å². The molecule has 0 bridgehead atoms. The average Bonchev–Trinajstić information content (AvgIpc) is 3.30. The molecule has 0 saturated carbocycles. The Kier molecular flexibility index (Phi) is 3.77. The molecule has 2 aromatic carbocycles. The number of nitrogens with zero attached hydrogens (tertiary/aromatic N) is 6. The maximum atomic E-state index is 4.75. The van der Waals surface area contributed by atoms with E-state index in [0.29, 0.717) is 0 Å². The molecule has 6 rings (SSSR count). The molecule has 5 aromatic rings. The predicted octanol–water partition coefficient (Wildman–Crippen LogP) is 4.35. The molecule has 0 atom stereocenters. The zero-order valence-electron chi connectivity index (χ0n) is 14.8. The summed E-state index contributed by atoms with van der Waals surface area (Å²) in [6.45, 7) is 4.21. The van der Waals surface area contributed by atoms with E-state index in [9.17, 15) is 0 Å². The van der Waals surface area contributed by atoms with Crippen LogP contribution in [0.2, 0.25) is 0 Å². The number of anilines is 3. The van der Waals surface area contributed by atoms with Crippen molar-refractivity contribution < 1.29 is 20.1 Å². The summed E-state index contributed by atoms with van der Waals surface area (Å²) in [4.78, 5) is 18.6. The van der Waals surface area contributed by atoms with Crippen molar-refractivity contribution in [3.8, 4) is 0 Å². The van der Waals surface area contributed by atoms with Gasteiger partial charge in [-0.2, -0.15) is 23.5 Å². The van der Waals surface area contributed by atoms with E-state index in [2.05, 4.69) is 39.1 Å². The normalized spacial score (nSPS) is 13.5. The first-order valence-electron chi connectivity index (χ1n) is 8.47.